The number of fused-ring (bicyclic) bond motifs is 1. The summed E-state index contributed by atoms with van der Waals surface area (Å²) in [5.41, 5.74) is 0.994. The molecule has 0 bridgehead atoms. The zero-order chi connectivity index (χ0) is 14.5. The molecule has 0 atom stereocenters. The summed E-state index contributed by atoms with van der Waals surface area (Å²) in [6, 6.07) is 14.4. The third kappa shape index (κ3) is 3.11. The first-order chi connectivity index (χ1) is 10.4. The lowest BCUT2D eigenvalue weighted by atomic mass is 10.0. The molecule has 0 fully saturated rings. The van der Waals surface area contributed by atoms with E-state index in [0.717, 1.165) is 36.9 Å². The summed E-state index contributed by atoms with van der Waals surface area (Å²) in [7, 11) is 0. The second kappa shape index (κ2) is 6.50. The number of hydrogen-bond acceptors (Lipinski definition) is 4. The average Bonchev–Trinajstić information content (AvgIpc) is 3.00. The minimum Gasteiger partial charge on any atom is -0.421 e. The van der Waals surface area contributed by atoms with Crippen LogP contribution in [-0.4, -0.2) is 23.3 Å². The molecule has 3 rings (SSSR count). The first-order valence-corrected chi connectivity index (χ1v) is 7.39. The molecule has 3 aromatic rings. The van der Waals surface area contributed by atoms with Gasteiger partial charge in [0.25, 0.3) is 0 Å². The number of benzene rings is 2. The Bertz CT molecular complexity index is 715. The molecule has 0 saturated heterocycles. The van der Waals surface area contributed by atoms with Gasteiger partial charge in [0, 0.05) is 18.5 Å². The van der Waals surface area contributed by atoms with Gasteiger partial charge in [-0.2, -0.15) is 0 Å². The fourth-order valence-corrected chi connectivity index (χ4v) is 2.37. The highest BCUT2D eigenvalue weighted by molar-refractivity contribution is 5.94. The Balaban J connectivity index is 1.81. The molecule has 21 heavy (non-hydrogen) atoms. The van der Waals surface area contributed by atoms with Crippen LogP contribution in [-0.2, 0) is 6.42 Å². The number of nitrogens with one attached hydrogen (secondary N) is 1. The van der Waals surface area contributed by atoms with Gasteiger partial charge >= 0.3 is 0 Å². The minimum absolute atomic E-state index is 0.595. The summed E-state index contributed by atoms with van der Waals surface area (Å²) in [6.45, 7) is 4.04. The van der Waals surface area contributed by atoms with E-state index in [1.807, 2.05) is 24.3 Å². The topological polar surface area (TPSA) is 51.0 Å². The number of rotatable bonds is 6. The van der Waals surface area contributed by atoms with Gasteiger partial charge in [0.05, 0.1) is 0 Å². The molecule has 1 aromatic heterocycles. The molecule has 0 unspecified atom stereocenters. The molecular formula is C17H19N3O. The standard InChI is InChI=1S/C17H19N3O/c1-2-11-18-12-10-16-19-20-17(21-16)15-9-5-7-13-6-3-4-8-14(13)15/h3-9,18H,2,10-12H2,1H3. The van der Waals surface area contributed by atoms with Crippen LogP contribution in [0.25, 0.3) is 22.2 Å². The highest BCUT2D eigenvalue weighted by atomic mass is 16.4. The molecule has 4 nitrogen and oxygen atoms in total. The second-order valence-electron chi connectivity index (χ2n) is 5.03. The Morgan fingerprint density at radius 1 is 1.00 bits per heavy atom. The van der Waals surface area contributed by atoms with E-state index < -0.39 is 0 Å². The zero-order valence-electron chi connectivity index (χ0n) is 12.2. The van der Waals surface area contributed by atoms with Crippen molar-refractivity contribution in [1.29, 1.82) is 0 Å². The van der Waals surface area contributed by atoms with Crippen LogP contribution in [0.4, 0.5) is 0 Å². The van der Waals surface area contributed by atoms with Crippen molar-refractivity contribution in [3.63, 3.8) is 0 Å². The van der Waals surface area contributed by atoms with Gasteiger partial charge in [-0.3, -0.25) is 0 Å². The van der Waals surface area contributed by atoms with Crippen molar-refractivity contribution in [2.24, 2.45) is 0 Å². The Morgan fingerprint density at radius 2 is 1.86 bits per heavy atom. The molecule has 0 saturated carbocycles. The smallest absolute Gasteiger partial charge is 0.248 e. The van der Waals surface area contributed by atoms with E-state index in [4.69, 9.17) is 4.42 Å². The lowest BCUT2D eigenvalue weighted by Crippen LogP contribution is -2.17. The molecule has 0 spiro atoms. The maximum absolute atomic E-state index is 5.80. The first kappa shape index (κ1) is 13.8. The third-order valence-electron chi connectivity index (χ3n) is 3.43. The summed E-state index contributed by atoms with van der Waals surface area (Å²) in [6.07, 6.45) is 1.89. The molecule has 0 radical (unpaired) electrons. The van der Waals surface area contributed by atoms with Gasteiger partial charge in [0.2, 0.25) is 11.8 Å². The van der Waals surface area contributed by atoms with Gasteiger partial charge in [0.15, 0.2) is 0 Å². The van der Waals surface area contributed by atoms with E-state index in [9.17, 15) is 0 Å². The van der Waals surface area contributed by atoms with Crippen molar-refractivity contribution in [3.8, 4) is 11.5 Å². The SMILES string of the molecule is CCCNCCc1nnc(-c2cccc3ccccc23)o1. The second-order valence-corrected chi connectivity index (χ2v) is 5.03. The largest absolute Gasteiger partial charge is 0.421 e. The van der Waals surface area contributed by atoms with E-state index in [1.54, 1.807) is 0 Å². The predicted molar refractivity (Wildman–Crippen MR) is 84.1 cm³/mol. The summed E-state index contributed by atoms with van der Waals surface area (Å²) in [5.74, 6) is 1.28. The molecule has 0 aliphatic rings. The molecule has 108 valence electrons. The average molecular weight is 281 g/mol. The molecule has 2 aromatic carbocycles. The highest BCUT2D eigenvalue weighted by Crippen LogP contribution is 2.27. The summed E-state index contributed by atoms with van der Waals surface area (Å²) in [4.78, 5) is 0. The van der Waals surface area contributed by atoms with Crippen LogP contribution >= 0.6 is 0 Å². The van der Waals surface area contributed by atoms with Crippen molar-refractivity contribution < 1.29 is 4.42 Å². The van der Waals surface area contributed by atoms with Gasteiger partial charge in [-0.25, -0.2) is 0 Å². The lowest BCUT2D eigenvalue weighted by Gasteiger charge is -2.02. The normalized spacial score (nSPS) is 11.1. The van der Waals surface area contributed by atoms with Gasteiger partial charge in [-0.05, 0) is 29.8 Å². The maximum Gasteiger partial charge on any atom is 0.248 e. The number of hydrogen-bond donors (Lipinski definition) is 1. The van der Waals surface area contributed by atoms with Crippen molar-refractivity contribution in [1.82, 2.24) is 15.5 Å². The predicted octanol–water partition coefficient (Wildman–Crippen LogP) is 3.43. The van der Waals surface area contributed by atoms with Crippen LogP contribution in [0.15, 0.2) is 46.9 Å². The van der Waals surface area contributed by atoms with Crippen LogP contribution in [0.5, 0.6) is 0 Å². The maximum atomic E-state index is 5.80. The third-order valence-corrected chi connectivity index (χ3v) is 3.43. The minimum atomic E-state index is 0.595. The highest BCUT2D eigenvalue weighted by Gasteiger charge is 2.11. The van der Waals surface area contributed by atoms with Crippen molar-refractivity contribution in [2.45, 2.75) is 19.8 Å². The summed E-state index contributed by atoms with van der Waals surface area (Å²) >= 11 is 0. The number of aromatic nitrogens is 2. The van der Waals surface area contributed by atoms with E-state index in [1.165, 1.54) is 5.39 Å². The van der Waals surface area contributed by atoms with E-state index >= 15 is 0 Å². The van der Waals surface area contributed by atoms with Gasteiger partial charge in [0.1, 0.15) is 0 Å². The molecule has 0 amide bonds. The monoisotopic (exact) mass is 281 g/mol. The van der Waals surface area contributed by atoms with Crippen molar-refractivity contribution >= 4 is 10.8 Å². The van der Waals surface area contributed by atoms with Gasteiger partial charge in [-0.1, -0.05) is 43.3 Å². The Morgan fingerprint density at radius 3 is 2.76 bits per heavy atom. The number of nitrogens with zero attached hydrogens (tertiary/aromatic N) is 2. The van der Waals surface area contributed by atoms with Crippen molar-refractivity contribution in [3.05, 3.63) is 48.4 Å². The van der Waals surface area contributed by atoms with Crippen LogP contribution in [0.3, 0.4) is 0 Å². The van der Waals surface area contributed by atoms with E-state index in [-0.39, 0.29) is 0 Å². The molecule has 4 heteroatoms. The van der Waals surface area contributed by atoms with Crippen molar-refractivity contribution in [2.75, 3.05) is 13.1 Å². The quantitative estimate of drug-likeness (QED) is 0.703. The molecule has 0 aliphatic carbocycles. The molecule has 1 heterocycles. The molecular weight excluding hydrogens is 262 g/mol. The lowest BCUT2D eigenvalue weighted by molar-refractivity contribution is 0.494. The first-order valence-electron chi connectivity index (χ1n) is 7.39. The van der Waals surface area contributed by atoms with Gasteiger partial charge < -0.3 is 9.73 Å². The van der Waals surface area contributed by atoms with Crippen LogP contribution in [0.1, 0.15) is 19.2 Å². The van der Waals surface area contributed by atoms with Crippen LogP contribution in [0, 0.1) is 0 Å². The summed E-state index contributed by atoms with van der Waals surface area (Å²) < 4.78 is 5.80. The Kier molecular flexibility index (Phi) is 4.26. The Labute approximate surface area is 124 Å². The zero-order valence-corrected chi connectivity index (χ0v) is 12.2. The van der Waals surface area contributed by atoms with E-state index in [0.29, 0.717) is 11.8 Å². The summed E-state index contributed by atoms with van der Waals surface area (Å²) in [5, 5.41) is 14.0. The van der Waals surface area contributed by atoms with E-state index in [2.05, 4.69) is 40.6 Å². The van der Waals surface area contributed by atoms with Crippen LogP contribution < -0.4 is 5.32 Å². The fourth-order valence-electron chi connectivity index (χ4n) is 2.37. The fraction of sp³-hybridized carbons (Fsp3) is 0.294. The Hall–Kier alpha value is -2.20. The molecule has 0 aliphatic heterocycles. The molecule has 1 N–H and O–H groups in total. The van der Waals surface area contributed by atoms with Crippen LogP contribution in [0.2, 0.25) is 0 Å². The van der Waals surface area contributed by atoms with Gasteiger partial charge in [-0.15, -0.1) is 10.2 Å².